The topological polar surface area (TPSA) is 45.7 Å². The van der Waals surface area contributed by atoms with Gasteiger partial charge in [0.1, 0.15) is 0 Å². The average molecular weight is 334 g/mol. The van der Waals surface area contributed by atoms with E-state index in [1.54, 1.807) is 18.4 Å². The van der Waals surface area contributed by atoms with Gasteiger partial charge in [0.15, 0.2) is 5.96 Å². The Morgan fingerprint density at radius 1 is 1.50 bits per heavy atom. The maximum Gasteiger partial charge on any atom is 0.191 e. The Balaban J connectivity index is 2.39. The molecule has 0 aromatic carbocycles. The number of guanidine groups is 1. The minimum absolute atomic E-state index is 0.704. The van der Waals surface area contributed by atoms with Gasteiger partial charge < -0.3 is 15.4 Å². The maximum atomic E-state index is 5.01. The molecule has 102 valence electrons. The number of rotatable bonds is 7. The molecule has 1 aromatic rings. The Labute approximate surface area is 121 Å². The summed E-state index contributed by atoms with van der Waals surface area (Å²) in [4.78, 5) is 5.78. The van der Waals surface area contributed by atoms with E-state index in [1.165, 1.54) is 4.88 Å². The maximum absolute atomic E-state index is 5.01. The number of halogens is 1. The molecular formula is C12H20BrN3OS. The van der Waals surface area contributed by atoms with Crippen LogP contribution in [-0.4, -0.2) is 32.8 Å². The molecule has 18 heavy (non-hydrogen) atoms. The molecular weight excluding hydrogens is 314 g/mol. The van der Waals surface area contributed by atoms with Gasteiger partial charge in [0.25, 0.3) is 0 Å². The minimum atomic E-state index is 0.704. The van der Waals surface area contributed by atoms with Crippen molar-refractivity contribution in [3.63, 3.8) is 0 Å². The Hall–Kier alpha value is -0.590. The molecule has 0 aliphatic carbocycles. The second kappa shape index (κ2) is 9.35. The molecule has 4 nitrogen and oxygen atoms in total. The number of methoxy groups -OCH3 is 1. The van der Waals surface area contributed by atoms with E-state index in [4.69, 9.17) is 4.74 Å². The summed E-state index contributed by atoms with van der Waals surface area (Å²) in [5, 5.41) is 8.59. The van der Waals surface area contributed by atoms with Crippen molar-refractivity contribution in [1.29, 1.82) is 0 Å². The fourth-order valence-corrected chi connectivity index (χ4v) is 2.73. The highest BCUT2D eigenvalue weighted by molar-refractivity contribution is 9.10. The van der Waals surface area contributed by atoms with Crippen molar-refractivity contribution in [1.82, 2.24) is 10.6 Å². The highest BCUT2D eigenvalue weighted by Crippen LogP contribution is 2.20. The number of nitrogens with zero attached hydrogens (tertiary/aromatic N) is 1. The Kier molecular flexibility index (Phi) is 8.04. The van der Waals surface area contributed by atoms with E-state index >= 15 is 0 Å². The quantitative estimate of drug-likeness (QED) is 0.458. The van der Waals surface area contributed by atoms with Gasteiger partial charge in [-0.15, -0.1) is 11.3 Å². The van der Waals surface area contributed by atoms with Crippen molar-refractivity contribution in [2.45, 2.75) is 19.9 Å². The fourth-order valence-electron chi connectivity index (χ4n) is 1.36. The lowest BCUT2D eigenvalue weighted by Crippen LogP contribution is -2.38. The largest absolute Gasteiger partial charge is 0.385 e. The first-order valence-corrected chi connectivity index (χ1v) is 7.67. The van der Waals surface area contributed by atoms with Crippen LogP contribution in [0, 0.1) is 0 Å². The molecule has 0 spiro atoms. The Bertz CT molecular complexity index is 368. The van der Waals surface area contributed by atoms with E-state index in [2.05, 4.69) is 49.9 Å². The predicted molar refractivity (Wildman–Crippen MR) is 81.3 cm³/mol. The Morgan fingerprint density at radius 2 is 2.33 bits per heavy atom. The van der Waals surface area contributed by atoms with Crippen LogP contribution in [0.4, 0.5) is 0 Å². The molecule has 0 bridgehead atoms. The average Bonchev–Trinajstić information content (AvgIpc) is 2.77. The standard InChI is InChI=1S/C12H20BrN3OS/c1-3-14-12(15-5-4-6-17-2)16-8-11-7-10(13)9-18-11/h7,9H,3-6,8H2,1-2H3,(H2,14,15,16). The highest BCUT2D eigenvalue weighted by Gasteiger charge is 1.99. The molecule has 6 heteroatoms. The van der Waals surface area contributed by atoms with Gasteiger partial charge in [-0.1, -0.05) is 0 Å². The molecule has 0 unspecified atom stereocenters. The zero-order valence-electron chi connectivity index (χ0n) is 10.8. The molecule has 0 radical (unpaired) electrons. The van der Waals surface area contributed by atoms with Crippen LogP contribution in [0.1, 0.15) is 18.2 Å². The molecule has 0 aliphatic rings. The number of hydrogen-bond donors (Lipinski definition) is 2. The SMILES string of the molecule is CCNC(=NCc1cc(Br)cs1)NCCCOC. The van der Waals surface area contributed by atoms with Gasteiger partial charge in [-0.25, -0.2) is 4.99 Å². The van der Waals surface area contributed by atoms with Crippen LogP contribution in [-0.2, 0) is 11.3 Å². The summed E-state index contributed by atoms with van der Waals surface area (Å²) >= 11 is 5.16. The summed E-state index contributed by atoms with van der Waals surface area (Å²) in [5.41, 5.74) is 0. The first-order valence-electron chi connectivity index (χ1n) is 6.00. The van der Waals surface area contributed by atoms with E-state index in [-0.39, 0.29) is 0 Å². The fraction of sp³-hybridized carbons (Fsp3) is 0.583. The third-order valence-corrected chi connectivity index (χ3v) is 3.86. The summed E-state index contributed by atoms with van der Waals surface area (Å²) in [6.07, 6.45) is 0.978. The number of aliphatic imine (C=N–C) groups is 1. The van der Waals surface area contributed by atoms with Crippen LogP contribution < -0.4 is 10.6 Å². The summed E-state index contributed by atoms with van der Waals surface area (Å²) in [5.74, 6) is 0.859. The van der Waals surface area contributed by atoms with Gasteiger partial charge in [-0.05, 0) is 35.3 Å². The van der Waals surface area contributed by atoms with E-state index < -0.39 is 0 Å². The monoisotopic (exact) mass is 333 g/mol. The van der Waals surface area contributed by atoms with E-state index in [1.807, 2.05) is 0 Å². The molecule has 1 aromatic heterocycles. The summed E-state index contributed by atoms with van der Waals surface area (Å²) < 4.78 is 6.13. The highest BCUT2D eigenvalue weighted by atomic mass is 79.9. The molecule has 0 atom stereocenters. The van der Waals surface area contributed by atoms with Crippen molar-refractivity contribution in [2.75, 3.05) is 26.8 Å². The summed E-state index contributed by atoms with van der Waals surface area (Å²) in [6.45, 7) is 5.27. The zero-order valence-corrected chi connectivity index (χ0v) is 13.2. The van der Waals surface area contributed by atoms with E-state index in [0.29, 0.717) is 6.54 Å². The van der Waals surface area contributed by atoms with E-state index in [9.17, 15) is 0 Å². The summed E-state index contributed by atoms with van der Waals surface area (Å²) in [6, 6.07) is 2.10. The number of hydrogen-bond acceptors (Lipinski definition) is 3. The van der Waals surface area contributed by atoms with Crippen LogP contribution in [0.5, 0.6) is 0 Å². The third-order valence-electron chi connectivity index (χ3n) is 2.18. The lowest BCUT2D eigenvalue weighted by molar-refractivity contribution is 0.195. The predicted octanol–water partition coefficient (Wildman–Crippen LogP) is 2.60. The molecule has 0 aliphatic heterocycles. The third kappa shape index (κ3) is 6.37. The normalized spacial score (nSPS) is 11.6. The Morgan fingerprint density at radius 3 is 2.94 bits per heavy atom. The van der Waals surface area contributed by atoms with Gasteiger partial charge in [0.2, 0.25) is 0 Å². The molecule has 1 heterocycles. The van der Waals surface area contributed by atoms with Gasteiger partial charge in [-0.3, -0.25) is 0 Å². The molecule has 2 N–H and O–H groups in total. The summed E-state index contributed by atoms with van der Waals surface area (Å²) in [7, 11) is 1.72. The van der Waals surface area contributed by atoms with E-state index in [0.717, 1.165) is 36.5 Å². The first kappa shape index (κ1) is 15.5. The van der Waals surface area contributed by atoms with Crippen LogP contribution >= 0.6 is 27.3 Å². The van der Waals surface area contributed by atoms with Crippen molar-refractivity contribution in [2.24, 2.45) is 4.99 Å². The van der Waals surface area contributed by atoms with Crippen molar-refractivity contribution < 1.29 is 4.74 Å². The molecule has 0 fully saturated rings. The van der Waals surface area contributed by atoms with Crippen LogP contribution in [0.25, 0.3) is 0 Å². The van der Waals surface area contributed by atoms with Gasteiger partial charge in [0, 0.05) is 41.5 Å². The van der Waals surface area contributed by atoms with Crippen molar-refractivity contribution >= 4 is 33.2 Å². The van der Waals surface area contributed by atoms with Crippen molar-refractivity contribution in [3.05, 3.63) is 20.8 Å². The molecule has 0 saturated heterocycles. The molecule has 1 rings (SSSR count). The van der Waals surface area contributed by atoms with Crippen LogP contribution in [0.3, 0.4) is 0 Å². The second-order valence-corrected chi connectivity index (χ2v) is 5.61. The first-order chi connectivity index (χ1) is 8.76. The number of nitrogens with one attached hydrogen (secondary N) is 2. The van der Waals surface area contributed by atoms with Gasteiger partial charge >= 0.3 is 0 Å². The smallest absolute Gasteiger partial charge is 0.191 e. The van der Waals surface area contributed by atoms with Crippen molar-refractivity contribution in [3.8, 4) is 0 Å². The van der Waals surface area contributed by atoms with Crippen LogP contribution in [0.15, 0.2) is 20.9 Å². The minimum Gasteiger partial charge on any atom is -0.385 e. The van der Waals surface area contributed by atoms with Crippen LogP contribution in [0.2, 0.25) is 0 Å². The zero-order chi connectivity index (χ0) is 13.2. The van der Waals surface area contributed by atoms with Gasteiger partial charge in [0.05, 0.1) is 6.54 Å². The lowest BCUT2D eigenvalue weighted by atomic mass is 10.4. The van der Waals surface area contributed by atoms with Gasteiger partial charge in [-0.2, -0.15) is 0 Å². The number of ether oxygens (including phenoxy) is 1. The number of thiophene rings is 1. The molecule has 0 saturated carbocycles. The second-order valence-electron chi connectivity index (χ2n) is 3.70. The lowest BCUT2D eigenvalue weighted by Gasteiger charge is -2.10. The molecule has 0 amide bonds.